The van der Waals surface area contributed by atoms with Gasteiger partial charge in [-0.05, 0) is 44.5 Å². The molecule has 2 fully saturated rings. The number of rotatable bonds is 29. The van der Waals surface area contributed by atoms with E-state index in [0.29, 0.717) is 13.2 Å². The van der Waals surface area contributed by atoms with Crippen molar-refractivity contribution in [2.75, 3.05) is 19.8 Å². The molecule has 11 heteroatoms. The third-order valence-corrected chi connectivity index (χ3v) is 14.0. The Morgan fingerprint density at radius 2 is 0.595 bits per heavy atom. The van der Waals surface area contributed by atoms with E-state index in [2.05, 4.69) is 0 Å². The number of hydrogen-bond acceptors (Lipinski definition) is 11. The van der Waals surface area contributed by atoms with Crippen molar-refractivity contribution < 1.29 is 52.1 Å². The van der Waals surface area contributed by atoms with Gasteiger partial charge in [0.05, 0.1) is 66.1 Å². The highest BCUT2D eigenvalue weighted by Gasteiger charge is 2.62. The fourth-order valence-electron chi connectivity index (χ4n) is 9.94. The molecule has 2 heterocycles. The standard InChI is InChI=1S/C68H70O11/c1-9-25-52(26-10-1)41-69-49-60-62(72-44-55-31-15-4-16-32-55)64(74-46-57-35-19-6-20-36-57)65(75-47-58-37-21-7-22-38-58)67(77-60)79-68(51-71-43-54-29-13-3-14-30-54)66(76-48-59-39-23-8-24-40-59)63(73-45-56-33-17-5-18-34-56)61(78-68)50-70-42-53-27-11-2-12-28-53/h1-40,60-67H,41-51H2/t60-,61-,62-,63-,64+,65+,66+,67?,68-/m1/s1. The molecule has 2 saturated heterocycles. The van der Waals surface area contributed by atoms with Gasteiger partial charge in [0.15, 0.2) is 6.29 Å². The predicted molar refractivity (Wildman–Crippen MR) is 301 cm³/mol. The minimum Gasteiger partial charge on any atom is -0.374 e. The maximum atomic E-state index is 7.70. The maximum absolute atomic E-state index is 7.70. The molecule has 8 aromatic rings. The van der Waals surface area contributed by atoms with Crippen molar-refractivity contribution in [2.45, 2.75) is 108 Å². The molecule has 79 heavy (non-hydrogen) atoms. The summed E-state index contributed by atoms with van der Waals surface area (Å²) in [4.78, 5) is 0. The van der Waals surface area contributed by atoms with Crippen LogP contribution in [0.5, 0.6) is 0 Å². The maximum Gasteiger partial charge on any atom is 0.224 e. The Bertz CT molecular complexity index is 2910. The Morgan fingerprint density at radius 3 is 0.987 bits per heavy atom. The van der Waals surface area contributed by atoms with E-state index < -0.39 is 54.8 Å². The van der Waals surface area contributed by atoms with Crippen molar-refractivity contribution >= 4 is 0 Å². The lowest BCUT2D eigenvalue weighted by Gasteiger charge is -2.48. The molecule has 0 amide bonds. The topological polar surface area (TPSA) is 102 Å². The molecular weight excluding hydrogens is 993 g/mol. The molecule has 0 saturated carbocycles. The third-order valence-electron chi connectivity index (χ3n) is 14.0. The molecule has 11 nitrogen and oxygen atoms in total. The summed E-state index contributed by atoms with van der Waals surface area (Å²) in [5.41, 5.74) is 7.86. The first kappa shape index (κ1) is 55.6. The zero-order chi connectivity index (χ0) is 53.6. The number of benzene rings is 8. The first-order valence-corrected chi connectivity index (χ1v) is 27.3. The van der Waals surface area contributed by atoms with Crippen LogP contribution in [0.2, 0.25) is 0 Å². The van der Waals surface area contributed by atoms with Crippen molar-refractivity contribution in [3.05, 3.63) is 287 Å². The third kappa shape index (κ3) is 16.2. The van der Waals surface area contributed by atoms with Crippen LogP contribution in [-0.4, -0.2) is 74.6 Å². The van der Waals surface area contributed by atoms with Crippen LogP contribution in [0, 0.1) is 0 Å². The Kier molecular flexibility index (Phi) is 20.8. The molecule has 8 aromatic carbocycles. The smallest absolute Gasteiger partial charge is 0.224 e. The molecule has 0 spiro atoms. The lowest BCUT2D eigenvalue weighted by molar-refractivity contribution is -0.398. The van der Waals surface area contributed by atoms with Crippen LogP contribution in [0.15, 0.2) is 243 Å². The van der Waals surface area contributed by atoms with Gasteiger partial charge in [0, 0.05) is 0 Å². The molecule has 10 rings (SSSR count). The van der Waals surface area contributed by atoms with Crippen LogP contribution in [0.3, 0.4) is 0 Å². The van der Waals surface area contributed by atoms with Crippen LogP contribution in [0.4, 0.5) is 0 Å². The Balaban J connectivity index is 1.07. The molecule has 408 valence electrons. The van der Waals surface area contributed by atoms with Crippen molar-refractivity contribution in [1.82, 2.24) is 0 Å². The molecule has 0 aromatic heterocycles. The number of ether oxygens (including phenoxy) is 11. The van der Waals surface area contributed by atoms with Crippen molar-refractivity contribution in [3.8, 4) is 0 Å². The van der Waals surface area contributed by atoms with E-state index in [4.69, 9.17) is 52.1 Å². The lowest BCUT2D eigenvalue weighted by atomic mass is 9.97. The summed E-state index contributed by atoms with van der Waals surface area (Å²) < 4.78 is 78.1. The van der Waals surface area contributed by atoms with Crippen LogP contribution >= 0.6 is 0 Å². The fourth-order valence-corrected chi connectivity index (χ4v) is 9.94. The summed E-state index contributed by atoms with van der Waals surface area (Å²) in [5, 5.41) is 0. The van der Waals surface area contributed by atoms with Gasteiger partial charge < -0.3 is 52.1 Å². The average Bonchev–Trinajstić information content (AvgIpc) is 4.06. The average molecular weight is 1060 g/mol. The summed E-state index contributed by atoms with van der Waals surface area (Å²) in [6.07, 6.45) is -6.80. The lowest BCUT2D eigenvalue weighted by Crippen LogP contribution is -2.64. The van der Waals surface area contributed by atoms with E-state index in [1.807, 2.05) is 243 Å². The molecule has 0 radical (unpaired) electrons. The predicted octanol–water partition coefficient (Wildman–Crippen LogP) is 12.4. The zero-order valence-corrected chi connectivity index (χ0v) is 44.5. The molecule has 0 bridgehead atoms. The van der Waals surface area contributed by atoms with Gasteiger partial charge in [0.25, 0.3) is 0 Å². The van der Waals surface area contributed by atoms with Gasteiger partial charge in [-0.25, -0.2) is 0 Å². The minimum atomic E-state index is -1.72. The van der Waals surface area contributed by atoms with E-state index in [9.17, 15) is 0 Å². The number of hydrogen-bond donors (Lipinski definition) is 0. The Labute approximate surface area is 464 Å². The summed E-state index contributed by atoms with van der Waals surface area (Å²) in [6, 6.07) is 80.5. The van der Waals surface area contributed by atoms with Gasteiger partial charge in [-0.1, -0.05) is 243 Å². The van der Waals surface area contributed by atoms with E-state index in [1.165, 1.54) is 0 Å². The molecule has 1 unspecified atom stereocenters. The van der Waals surface area contributed by atoms with E-state index in [-0.39, 0.29) is 59.5 Å². The van der Waals surface area contributed by atoms with Gasteiger partial charge >= 0.3 is 0 Å². The van der Waals surface area contributed by atoms with Gasteiger partial charge in [0.1, 0.15) is 49.3 Å². The van der Waals surface area contributed by atoms with Crippen LogP contribution in [0.25, 0.3) is 0 Å². The Hall–Kier alpha value is -6.68. The molecular formula is C68H70O11. The SMILES string of the molecule is c1ccc(COC[C@H]2O[C@](COCc3ccccc3)(OC3O[C@H](COCc4ccccc4)[C@@H](OCc4ccccc4)[C@H](OCc4ccccc4)[C@@H]3OCc3ccccc3)[C@@H](OCc3ccccc3)[C@@H]2OCc2ccccc2)cc1. The summed E-state index contributed by atoms with van der Waals surface area (Å²) in [7, 11) is 0. The highest BCUT2D eigenvalue weighted by Crippen LogP contribution is 2.42. The first-order chi connectivity index (χ1) is 39.1. The second-order valence-electron chi connectivity index (χ2n) is 19.9. The van der Waals surface area contributed by atoms with Crippen molar-refractivity contribution in [2.24, 2.45) is 0 Å². The van der Waals surface area contributed by atoms with E-state index in [1.54, 1.807) is 0 Å². The van der Waals surface area contributed by atoms with Crippen LogP contribution in [0.1, 0.15) is 44.5 Å². The fraction of sp³-hybridized carbons (Fsp3) is 0.294. The normalized spacial score (nSPS) is 22.9. The zero-order valence-electron chi connectivity index (χ0n) is 44.5. The quantitative estimate of drug-likeness (QED) is 0.0448. The minimum absolute atomic E-state index is 0.106. The second kappa shape index (κ2) is 29.5. The molecule has 9 atom stereocenters. The second-order valence-corrected chi connectivity index (χ2v) is 19.9. The van der Waals surface area contributed by atoms with E-state index >= 15 is 0 Å². The van der Waals surface area contributed by atoms with Gasteiger partial charge in [-0.3, -0.25) is 0 Å². The van der Waals surface area contributed by atoms with Crippen LogP contribution in [-0.2, 0) is 105 Å². The first-order valence-electron chi connectivity index (χ1n) is 27.3. The van der Waals surface area contributed by atoms with Crippen LogP contribution < -0.4 is 0 Å². The summed E-state index contributed by atoms with van der Waals surface area (Å²) in [5.74, 6) is -1.72. The molecule has 2 aliphatic rings. The summed E-state index contributed by atoms with van der Waals surface area (Å²) >= 11 is 0. The Morgan fingerprint density at radius 1 is 0.291 bits per heavy atom. The molecule has 2 aliphatic heterocycles. The van der Waals surface area contributed by atoms with E-state index in [0.717, 1.165) is 44.5 Å². The molecule has 0 aliphatic carbocycles. The highest BCUT2D eigenvalue weighted by molar-refractivity contribution is 5.20. The monoisotopic (exact) mass is 1060 g/mol. The van der Waals surface area contributed by atoms with Gasteiger partial charge in [0.2, 0.25) is 5.79 Å². The summed E-state index contributed by atoms with van der Waals surface area (Å²) in [6.45, 7) is 2.26. The largest absolute Gasteiger partial charge is 0.374 e. The van der Waals surface area contributed by atoms with Crippen molar-refractivity contribution in [3.63, 3.8) is 0 Å². The van der Waals surface area contributed by atoms with Gasteiger partial charge in [-0.2, -0.15) is 0 Å². The molecule has 0 N–H and O–H groups in total. The van der Waals surface area contributed by atoms with Crippen molar-refractivity contribution in [1.29, 1.82) is 0 Å². The highest BCUT2D eigenvalue weighted by atomic mass is 16.8. The van der Waals surface area contributed by atoms with Gasteiger partial charge in [-0.15, -0.1) is 0 Å².